The van der Waals surface area contributed by atoms with E-state index in [-0.39, 0.29) is 23.3 Å². The van der Waals surface area contributed by atoms with Crippen molar-refractivity contribution in [1.82, 2.24) is 14.8 Å². The number of thioether (sulfide) groups is 1. The van der Waals surface area contributed by atoms with Gasteiger partial charge in [-0.2, -0.15) is 4.98 Å². The Balaban J connectivity index is 1.73. The van der Waals surface area contributed by atoms with E-state index >= 15 is 0 Å². The van der Waals surface area contributed by atoms with Crippen molar-refractivity contribution in [3.63, 3.8) is 0 Å². The fourth-order valence-electron chi connectivity index (χ4n) is 3.97. The summed E-state index contributed by atoms with van der Waals surface area (Å²) in [5, 5.41) is 8.71. The van der Waals surface area contributed by atoms with Crippen LogP contribution in [0.3, 0.4) is 0 Å². The van der Waals surface area contributed by atoms with Crippen molar-refractivity contribution in [1.29, 1.82) is 0 Å². The summed E-state index contributed by atoms with van der Waals surface area (Å²) >= 11 is 7.64. The Morgan fingerprint density at radius 1 is 1.27 bits per heavy atom. The SMILES string of the molecule is CCSc1nc2n(n1)C(c1ccc(OCc3c(F)cccc3Cl)c(OC)c1)C(C(=O)OC(C)C)=C(C)N2. The monoisotopic (exact) mass is 546 g/mol. The number of anilines is 1. The fourth-order valence-corrected chi connectivity index (χ4v) is 4.74. The fraction of sp³-hybridized carbons (Fsp3) is 0.346. The number of ether oxygens (including phenoxy) is 3. The minimum atomic E-state index is -0.620. The van der Waals surface area contributed by atoms with Gasteiger partial charge in [-0.05, 0) is 56.4 Å². The maximum absolute atomic E-state index is 14.2. The average molecular weight is 547 g/mol. The van der Waals surface area contributed by atoms with Crippen molar-refractivity contribution in [3.05, 3.63) is 69.6 Å². The summed E-state index contributed by atoms with van der Waals surface area (Å²) in [6.45, 7) is 7.34. The predicted octanol–water partition coefficient (Wildman–Crippen LogP) is 6.01. The number of esters is 1. The lowest BCUT2D eigenvalue weighted by atomic mass is 9.95. The third-order valence-corrected chi connectivity index (χ3v) is 6.68. The lowest BCUT2D eigenvalue weighted by Crippen LogP contribution is -2.30. The van der Waals surface area contributed by atoms with Gasteiger partial charge in [-0.25, -0.2) is 13.9 Å². The van der Waals surface area contributed by atoms with E-state index in [4.69, 9.17) is 25.8 Å². The zero-order valence-corrected chi connectivity index (χ0v) is 22.7. The van der Waals surface area contributed by atoms with Crippen LogP contribution in [-0.4, -0.2) is 39.7 Å². The Morgan fingerprint density at radius 2 is 2.05 bits per heavy atom. The molecule has 1 aromatic heterocycles. The number of benzene rings is 2. The van der Waals surface area contributed by atoms with Crippen LogP contribution in [0.4, 0.5) is 10.3 Å². The zero-order valence-electron chi connectivity index (χ0n) is 21.2. The van der Waals surface area contributed by atoms with E-state index in [1.165, 1.54) is 31.0 Å². The van der Waals surface area contributed by atoms with E-state index in [9.17, 15) is 9.18 Å². The molecule has 3 aromatic rings. The van der Waals surface area contributed by atoms with Gasteiger partial charge in [0, 0.05) is 11.3 Å². The number of hydrogen-bond acceptors (Lipinski definition) is 8. The second kappa shape index (κ2) is 11.4. The Hall–Kier alpha value is -3.24. The van der Waals surface area contributed by atoms with Crippen LogP contribution >= 0.6 is 23.4 Å². The normalized spacial score (nSPS) is 14.9. The molecule has 0 fully saturated rings. The topological polar surface area (TPSA) is 87.5 Å². The van der Waals surface area contributed by atoms with Crippen LogP contribution in [0.25, 0.3) is 0 Å². The number of carbonyl (C=O) groups excluding carboxylic acids is 1. The van der Waals surface area contributed by atoms with Crippen molar-refractivity contribution >= 4 is 35.3 Å². The molecule has 1 N–H and O–H groups in total. The molecule has 4 rings (SSSR count). The van der Waals surface area contributed by atoms with Gasteiger partial charge in [0.05, 0.1) is 23.8 Å². The van der Waals surface area contributed by atoms with Gasteiger partial charge in [0.25, 0.3) is 0 Å². The molecular formula is C26H28ClFN4O4S. The van der Waals surface area contributed by atoms with Crippen LogP contribution in [0, 0.1) is 5.82 Å². The van der Waals surface area contributed by atoms with Gasteiger partial charge in [0.1, 0.15) is 18.5 Å². The van der Waals surface area contributed by atoms with E-state index in [1.54, 1.807) is 36.7 Å². The lowest BCUT2D eigenvalue weighted by molar-refractivity contribution is -0.143. The molecule has 2 aromatic carbocycles. The van der Waals surface area contributed by atoms with Gasteiger partial charge in [-0.1, -0.05) is 42.4 Å². The molecule has 1 aliphatic rings. The molecule has 2 heterocycles. The molecule has 0 radical (unpaired) electrons. The smallest absolute Gasteiger partial charge is 0.338 e. The first kappa shape index (κ1) is 26.8. The summed E-state index contributed by atoms with van der Waals surface area (Å²) in [5.41, 5.74) is 1.99. The van der Waals surface area contributed by atoms with Gasteiger partial charge < -0.3 is 19.5 Å². The number of fused-ring (bicyclic) bond motifs is 1. The molecule has 1 atom stereocenters. The van der Waals surface area contributed by atoms with E-state index in [1.807, 2.05) is 19.9 Å². The number of methoxy groups -OCH3 is 1. The summed E-state index contributed by atoms with van der Waals surface area (Å²) in [6.07, 6.45) is -0.299. The second-order valence-corrected chi connectivity index (χ2v) is 10.2. The lowest BCUT2D eigenvalue weighted by Gasteiger charge is -2.29. The third-order valence-electron chi connectivity index (χ3n) is 5.61. The molecule has 0 bridgehead atoms. The molecule has 8 nitrogen and oxygen atoms in total. The molecule has 37 heavy (non-hydrogen) atoms. The van der Waals surface area contributed by atoms with Crippen molar-refractivity contribution in [2.45, 2.75) is 51.6 Å². The van der Waals surface area contributed by atoms with E-state index < -0.39 is 17.8 Å². The molecule has 0 aliphatic carbocycles. The summed E-state index contributed by atoms with van der Waals surface area (Å²) in [6, 6.07) is 9.14. The predicted molar refractivity (Wildman–Crippen MR) is 141 cm³/mol. The van der Waals surface area contributed by atoms with Crippen LogP contribution < -0.4 is 14.8 Å². The van der Waals surface area contributed by atoms with Gasteiger partial charge in [-0.3, -0.25) is 0 Å². The maximum Gasteiger partial charge on any atom is 0.338 e. The summed E-state index contributed by atoms with van der Waals surface area (Å²) in [7, 11) is 1.51. The molecule has 196 valence electrons. The Labute approximate surface area is 224 Å². The Bertz CT molecular complexity index is 1320. The highest BCUT2D eigenvalue weighted by Gasteiger charge is 2.36. The highest BCUT2D eigenvalue weighted by molar-refractivity contribution is 7.99. The number of nitrogens with one attached hydrogen (secondary N) is 1. The number of carbonyl (C=O) groups is 1. The summed E-state index contributed by atoms with van der Waals surface area (Å²) in [4.78, 5) is 17.8. The maximum atomic E-state index is 14.2. The van der Waals surface area contributed by atoms with Gasteiger partial charge in [0.15, 0.2) is 11.5 Å². The van der Waals surface area contributed by atoms with Crippen molar-refractivity contribution < 1.29 is 23.4 Å². The first-order chi connectivity index (χ1) is 17.7. The van der Waals surface area contributed by atoms with Crippen molar-refractivity contribution in [2.75, 3.05) is 18.2 Å². The van der Waals surface area contributed by atoms with Crippen molar-refractivity contribution in [3.8, 4) is 11.5 Å². The van der Waals surface area contributed by atoms with Gasteiger partial charge in [0.2, 0.25) is 11.1 Å². The number of hydrogen-bond donors (Lipinski definition) is 1. The second-order valence-electron chi connectivity index (χ2n) is 8.52. The summed E-state index contributed by atoms with van der Waals surface area (Å²) < 4.78 is 32.9. The molecule has 0 saturated carbocycles. The molecule has 11 heteroatoms. The van der Waals surface area contributed by atoms with Crippen LogP contribution in [0.2, 0.25) is 5.02 Å². The first-order valence-electron chi connectivity index (χ1n) is 11.7. The molecule has 0 saturated heterocycles. The zero-order chi connectivity index (χ0) is 26.7. The highest BCUT2D eigenvalue weighted by atomic mass is 35.5. The molecule has 1 aliphatic heterocycles. The van der Waals surface area contributed by atoms with Crippen molar-refractivity contribution in [2.24, 2.45) is 0 Å². The molecular weight excluding hydrogens is 519 g/mol. The highest BCUT2D eigenvalue weighted by Crippen LogP contribution is 2.40. The minimum absolute atomic E-state index is 0.0790. The van der Waals surface area contributed by atoms with E-state index in [0.29, 0.717) is 39.4 Å². The molecule has 1 unspecified atom stereocenters. The van der Waals surface area contributed by atoms with Gasteiger partial charge in [-0.15, -0.1) is 5.10 Å². The van der Waals surface area contributed by atoms with Crippen LogP contribution in [0.5, 0.6) is 11.5 Å². The number of halogens is 2. The largest absolute Gasteiger partial charge is 0.493 e. The third kappa shape index (κ3) is 5.70. The number of rotatable bonds is 9. The van der Waals surface area contributed by atoms with Crippen LogP contribution in [0.15, 0.2) is 52.8 Å². The number of nitrogens with zero attached hydrogens (tertiary/aromatic N) is 3. The Kier molecular flexibility index (Phi) is 8.29. The summed E-state index contributed by atoms with van der Waals surface area (Å²) in [5.74, 6) is 1.22. The molecule has 0 spiro atoms. The molecule has 0 amide bonds. The Morgan fingerprint density at radius 3 is 2.73 bits per heavy atom. The number of allylic oxidation sites excluding steroid dienone is 1. The van der Waals surface area contributed by atoms with Gasteiger partial charge >= 0.3 is 5.97 Å². The standard InChI is InChI=1S/C26H28ClFN4O4S/c1-6-37-26-30-25-29-15(4)22(24(33)36-14(2)3)23(32(25)31-26)16-10-11-20(21(12-16)34-5)35-13-17-18(27)8-7-9-19(17)28/h7-12,14,23H,6,13H2,1-5H3,(H,29,30,31). The van der Waals surface area contributed by atoms with E-state index in [2.05, 4.69) is 15.4 Å². The van der Waals surface area contributed by atoms with E-state index in [0.717, 1.165) is 5.75 Å². The number of aromatic nitrogens is 3. The minimum Gasteiger partial charge on any atom is -0.493 e. The van der Waals surface area contributed by atoms with Crippen LogP contribution in [0.1, 0.15) is 44.9 Å². The average Bonchev–Trinajstić information content (AvgIpc) is 3.24. The quantitative estimate of drug-likeness (QED) is 0.258. The van der Waals surface area contributed by atoms with Crippen LogP contribution in [-0.2, 0) is 16.1 Å². The first-order valence-corrected chi connectivity index (χ1v) is 13.1.